The molecule has 8 nitrogen and oxygen atoms in total. The van der Waals surface area contributed by atoms with E-state index >= 15 is 0 Å². The normalized spacial score (nSPS) is 10.8. The van der Waals surface area contributed by atoms with Crippen molar-refractivity contribution in [2.45, 2.75) is 13.5 Å². The van der Waals surface area contributed by atoms with Gasteiger partial charge < -0.3 is 14.6 Å². The first kappa shape index (κ1) is 20.0. The maximum atomic E-state index is 13.9. The van der Waals surface area contributed by atoms with Crippen molar-refractivity contribution in [1.82, 2.24) is 9.56 Å². The molecule has 0 saturated carbocycles. The van der Waals surface area contributed by atoms with Crippen LogP contribution in [0.15, 0.2) is 70.0 Å². The highest BCUT2D eigenvalue weighted by atomic mass is 19.1. The molecule has 156 valence electrons. The van der Waals surface area contributed by atoms with Gasteiger partial charge in [0.15, 0.2) is 5.65 Å². The van der Waals surface area contributed by atoms with Crippen LogP contribution >= 0.6 is 0 Å². The summed E-state index contributed by atoms with van der Waals surface area (Å²) >= 11 is 0. The summed E-state index contributed by atoms with van der Waals surface area (Å²) in [6, 6.07) is 14.5. The minimum atomic E-state index is -0.741. The highest BCUT2D eigenvalue weighted by molar-refractivity contribution is 6.08. The Bertz CT molecular complexity index is 1360. The maximum absolute atomic E-state index is 13.9. The second kappa shape index (κ2) is 8.23. The van der Waals surface area contributed by atoms with Crippen LogP contribution in [0.2, 0.25) is 0 Å². The zero-order chi connectivity index (χ0) is 22.0. The molecule has 2 aromatic heterocycles. The van der Waals surface area contributed by atoms with Gasteiger partial charge >= 0.3 is 5.97 Å². The van der Waals surface area contributed by atoms with Gasteiger partial charge in [-0.2, -0.15) is 0 Å². The summed E-state index contributed by atoms with van der Waals surface area (Å²) in [6.45, 7) is 1.42. The Kier molecular flexibility index (Phi) is 5.31. The first-order valence-corrected chi connectivity index (χ1v) is 9.24. The molecule has 0 atom stereocenters. The lowest BCUT2D eigenvalue weighted by atomic mass is 10.1. The lowest BCUT2D eigenvalue weighted by Crippen LogP contribution is -2.18. The highest BCUT2D eigenvalue weighted by Gasteiger charge is 2.18. The third-order valence-corrected chi connectivity index (χ3v) is 4.39. The second-order valence-corrected chi connectivity index (χ2v) is 6.64. The number of carbonyl (C=O) groups excluding carboxylic acids is 2. The van der Waals surface area contributed by atoms with Crippen LogP contribution in [0.25, 0.3) is 5.65 Å². The monoisotopic (exact) mass is 421 g/mol. The number of amides is 1. The number of aryl methyl sites for hydroxylation is 1. The number of aromatic nitrogens is 2. The number of benzene rings is 2. The quantitative estimate of drug-likeness (QED) is 0.496. The van der Waals surface area contributed by atoms with Crippen LogP contribution in [0.4, 0.5) is 10.1 Å². The van der Waals surface area contributed by atoms with Crippen molar-refractivity contribution in [3.63, 3.8) is 0 Å². The Hall–Kier alpha value is -4.27. The van der Waals surface area contributed by atoms with Crippen LogP contribution in [0.3, 0.4) is 0 Å². The first-order chi connectivity index (χ1) is 14.9. The number of halogens is 1. The molecule has 0 bridgehead atoms. The van der Waals surface area contributed by atoms with Gasteiger partial charge in [0.1, 0.15) is 18.2 Å². The molecule has 0 aliphatic carbocycles. The molecule has 1 amide bonds. The van der Waals surface area contributed by atoms with Crippen LogP contribution in [0.5, 0.6) is 0 Å². The van der Waals surface area contributed by atoms with E-state index in [1.807, 2.05) is 0 Å². The number of carbonyl (C=O) groups is 2. The van der Waals surface area contributed by atoms with Crippen LogP contribution in [0, 0.1) is 12.7 Å². The van der Waals surface area contributed by atoms with Gasteiger partial charge in [0.05, 0.1) is 22.5 Å². The van der Waals surface area contributed by atoms with E-state index in [9.17, 15) is 18.8 Å². The van der Waals surface area contributed by atoms with E-state index in [0.29, 0.717) is 11.4 Å². The minimum Gasteiger partial charge on any atom is -0.456 e. The average molecular weight is 421 g/mol. The molecule has 0 aliphatic rings. The molecule has 2 heterocycles. The Morgan fingerprint density at radius 1 is 1.10 bits per heavy atom. The van der Waals surface area contributed by atoms with Gasteiger partial charge in [-0.1, -0.05) is 24.3 Å². The number of esters is 1. The van der Waals surface area contributed by atoms with Crippen molar-refractivity contribution in [2.75, 3.05) is 5.32 Å². The Labute approximate surface area is 174 Å². The van der Waals surface area contributed by atoms with Gasteiger partial charge in [0.2, 0.25) is 0 Å². The Morgan fingerprint density at radius 2 is 1.81 bits per heavy atom. The maximum Gasteiger partial charge on any atom is 0.340 e. The standard InChI is InChI=1S/C22H16FN3O5/c1-13-10-19-24-14(11-20(27)26(19)31-13)12-30-22(29)16-7-3-5-9-18(16)25-21(28)15-6-2-4-8-17(15)23/h2-11H,12H2,1H3,(H,25,28). The molecule has 0 fully saturated rings. The van der Waals surface area contributed by atoms with E-state index in [2.05, 4.69) is 10.3 Å². The number of hydrogen-bond acceptors (Lipinski definition) is 6. The minimum absolute atomic E-state index is 0.0733. The Balaban J connectivity index is 1.51. The summed E-state index contributed by atoms with van der Waals surface area (Å²) < 4.78 is 25.4. The van der Waals surface area contributed by atoms with E-state index in [1.165, 1.54) is 42.5 Å². The fraction of sp³-hybridized carbons (Fsp3) is 0.0909. The van der Waals surface area contributed by atoms with Crippen molar-refractivity contribution in [2.24, 2.45) is 0 Å². The van der Waals surface area contributed by atoms with Gasteiger partial charge in [-0.05, 0) is 31.2 Å². The lowest BCUT2D eigenvalue weighted by molar-refractivity contribution is 0.0469. The number of fused-ring (bicyclic) bond motifs is 1. The van der Waals surface area contributed by atoms with Gasteiger partial charge in [-0.25, -0.2) is 14.2 Å². The molecule has 9 heteroatoms. The summed E-state index contributed by atoms with van der Waals surface area (Å²) in [5.41, 5.74) is 0.181. The Morgan fingerprint density at radius 3 is 2.58 bits per heavy atom. The van der Waals surface area contributed by atoms with E-state index in [4.69, 9.17) is 9.26 Å². The lowest BCUT2D eigenvalue weighted by Gasteiger charge is -2.11. The van der Waals surface area contributed by atoms with Crippen molar-refractivity contribution < 1.29 is 23.2 Å². The molecular weight excluding hydrogens is 405 g/mol. The van der Waals surface area contributed by atoms with E-state index < -0.39 is 23.3 Å². The molecule has 0 saturated heterocycles. The average Bonchev–Trinajstić information content (AvgIpc) is 3.13. The van der Waals surface area contributed by atoms with E-state index in [0.717, 1.165) is 4.57 Å². The number of rotatable bonds is 5. The zero-order valence-corrected chi connectivity index (χ0v) is 16.3. The van der Waals surface area contributed by atoms with Crippen molar-refractivity contribution in [3.8, 4) is 0 Å². The molecule has 2 aromatic carbocycles. The molecule has 0 radical (unpaired) electrons. The van der Waals surface area contributed by atoms with Crippen LogP contribution in [0.1, 0.15) is 32.2 Å². The second-order valence-electron chi connectivity index (χ2n) is 6.64. The molecule has 0 spiro atoms. The molecule has 4 rings (SSSR count). The molecular formula is C22H16FN3O5. The van der Waals surface area contributed by atoms with Gasteiger partial charge in [0, 0.05) is 12.1 Å². The number of nitrogens with zero attached hydrogens (tertiary/aromatic N) is 2. The third-order valence-electron chi connectivity index (χ3n) is 4.39. The predicted octanol–water partition coefficient (Wildman–Crippen LogP) is 3.34. The number of hydrogen-bond donors (Lipinski definition) is 1. The largest absolute Gasteiger partial charge is 0.456 e. The summed E-state index contributed by atoms with van der Waals surface area (Å²) in [6.07, 6.45) is 0. The fourth-order valence-corrected chi connectivity index (χ4v) is 2.97. The van der Waals surface area contributed by atoms with Crippen molar-refractivity contribution in [1.29, 1.82) is 0 Å². The van der Waals surface area contributed by atoms with E-state index in [1.54, 1.807) is 25.1 Å². The molecule has 1 N–H and O–H groups in total. The summed E-state index contributed by atoms with van der Waals surface area (Å²) in [7, 11) is 0. The highest BCUT2D eigenvalue weighted by Crippen LogP contribution is 2.19. The summed E-state index contributed by atoms with van der Waals surface area (Å²) in [4.78, 5) is 41.3. The first-order valence-electron chi connectivity index (χ1n) is 9.24. The topological polar surface area (TPSA) is 103 Å². The predicted molar refractivity (Wildman–Crippen MR) is 108 cm³/mol. The number of nitrogens with one attached hydrogen (secondary N) is 1. The van der Waals surface area contributed by atoms with Crippen LogP contribution in [-0.4, -0.2) is 21.4 Å². The third kappa shape index (κ3) is 4.20. The zero-order valence-electron chi connectivity index (χ0n) is 16.3. The van der Waals surface area contributed by atoms with Crippen LogP contribution in [-0.2, 0) is 11.3 Å². The smallest absolute Gasteiger partial charge is 0.340 e. The summed E-state index contributed by atoms with van der Waals surface area (Å²) in [5.74, 6) is -1.61. The van der Waals surface area contributed by atoms with Gasteiger partial charge in [0.25, 0.3) is 11.5 Å². The number of ether oxygens (including phenoxy) is 1. The van der Waals surface area contributed by atoms with E-state index in [-0.39, 0.29) is 29.1 Å². The fourth-order valence-electron chi connectivity index (χ4n) is 2.97. The molecule has 0 aliphatic heterocycles. The SMILES string of the molecule is Cc1cc2nc(COC(=O)c3ccccc3NC(=O)c3ccccc3F)cc(=O)n2o1. The van der Waals surface area contributed by atoms with Crippen molar-refractivity contribution >= 4 is 23.2 Å². The molecule has 0 unspecified atom stereocenters. The molecule has 4 aromatic rings. The summed E-state index contributed by atoms with van der Waals surface area (Å²) in [5, 5.41) is 2.52. The molecule has 31 heavy (non-hydrogen) atoms. The number of para-hydroxylation sites is 1. The van der Waals surface area contributed by atoms with Crippen LogP contribution < -0.4 is 10.9 Å². The van der Waals surface area contributed by atoms with Gasteiger partial charge in [-0.15, -0.1) is 4.57 Å². The van der Waals surface area contributed by atoms with Crippen molar-refractivity contribution in [3.05, 3.63) is 99.4 Å². The van der Waals surface area contributed by atoms with Gasteiger partial charge in [-0.3, -0.25) is 9.59 Å². The number of anilines is 1.